The molecule has 2 aromatic carbocycles. The molecule has 0 aliphatic heterocycles. The van der Waals surface area contributed by atoms with Crippen LogP contribution in [-0.4, -0.2) is 30.2 Å². The number of amides is 1. The molecule has 1 aromatic heterocycles. The summed E-state index contributed by atoms with van der Waals surface area (Å²) in [6.07, 6.45) is 0.707. The van der Waals surface area contributed by atoms with Gasteiger partial charge < -0.3 is 19.3 Å². The van der Waals surface area contributed by atoms with Crippen LogP contribution in [0.2, 0.25) is 0 Å². The van der Waals surface area contributed by atoms with E-state index in [9.17, 15) is 9.59 Å². The van der Waals surface area contributed by atoms with Crippen molar-refractivity contribution in [2.75, 3.05) is 13.2 Å². The summed E-state index contributed by atoms with van der Waals surface area (Å²) in [4.78, 5) is 24.4. The average molecular weight is 408 g/mol. The zero-order valence-electron chi connectivity index (χ0n) is 17.0. The molecule has 0 saturated heterocycles. The molecule has 0 aliphatic rings. The van der Waals surface area contributed by atoms with Gasteiger partial charge in [-0.1, -0.05) is 47.6 Å². The normalized spacial score (nSPS) is 10.5. The van der Waals surface area contributed by atoms with Crippen LogP contribution < -0.4 is 10.1 Å². The molecule has 7 heteroatoms. The van der Waals surface area contributed by atoms with Gasteiger partial charge in [0.05, 0.1) is 11.3 Å². The molecule has 0 unspecified atom stereocenters. The first kappa shape index (κ1) is 21.1. The largest absolute Gasteiger partial charge is 0.488 e. The molecule has 3 rings (SSSR count). The first-order valence-electron chi connectivity index (χ1n) is 9.66. The van der Waals surface area contributed by atoms with Gasteiger partial charge in [-0.2, -0.15) is 0 Å². The summed E-state index contributed by atoms with van der Waals surface area (Å²) in [5.41, 5.74) is 2.94. The van der Waals surface area contributed by atoms with E-state index in [0.717, 1.165) is 16.8 Å². The minimum Gasteiger partial charge on any atom is -0.488 e. The fourth-order valence-corrected chi connectivity index (χ4v) is 2.87. The number of carbonyl (C=O) groups excluding carboxylic acids is 2. The van der Waals surface area contributed by atoms with E-state index < -0.39 is 5.97 Å². The number of hydrogen-bond acceptors (Lipinski definition) is 6. The zero-order chi connectivity index (χ0) is 21.3. The van der Waals surface area contributed by atoms with Crippen LogP contribution in [0.3, 0.4) is 0 Å². The van der Waals surface area contributed by atoms with Crippen molar-refractivity contribution >= 4 is 11.9 Å². The van der Waals surface area contributed by atoms with Crippen molar-refractivity contribution in [2.24, 2.45) is 0 Å². The Morgan fingerprint density at radius 3 is 2.50 bits per heavy atom. The molecule has 0 atom stereocenters. The summed E-state index contributed by atoms with van der Waals surface area (Å²) in [5, 5.41) is 6.63. The van der Waals surface area contributed by atoms with Crippen LogP contribution in [0, 0.1) is 13.8 Å². The number of rotatable bonds is 9. The van der Waals surface area contributed by atoms with E-state index in [0.29, 0.717) is 24.5 Å². The molecular formula is C23H24N2O5. The summed E-state index contributed by atoms with van der Waals surface area (Å²) in [5.74, 6) is 0.0580. The maximum Gasteiger partial charge on any atom is 0.342 e. The van der Waals surface area contributed by atoms with Crippen LogP contribution in [0.25, 0.3) is 0 Å². The Morgan fingerprint density at radius 2 is 1.77 bits per heavy atom. The minimum atomic E-state index is -0.623. The lowest BCUT2D eigenvalue weighted by atomic mass is 10.1. The van der Waals surface area contributed by atoms with E-state index in [2.05, 4.69) is 10.5 Å². The molecule has 0 fully saturated rings. The van der Waals surface area contributed by atoms with Gasteiger partial charge in [-0.05, 0) is 38.0 Å². The van der Waals surface area contributed by atoms with E-state index in [1.807, 2.05) is 37.3 Å². The molecule has 1 heterocycles. The number of para-hydroxylation sites is 1. The van der Waals surface area contributed by atoms with Gasteiger partial charge in [0.2, 0.25) is 0 Å². The fraction of sp³-hybridized carbons (Fsp3) is 0.261. The maximum absolute atomic E-state index is 12.4. The lowest BCUT2D eigenvalue weighted by Crippen LogP contribution is -2.30. The minimum absolute atomic E-state index is 0.214. The maximum atomic E-state index is 12.4. The predicted octanol–water partition coefficient (Wildman–Crippen LogP) is 3.39. The van der Waals surface area contributed by atoms with Crippen molar-refractivity contribution in [3.63, 3.8) is 0 Å². The molecule has 156 valence electrons. The van der Waals surface area contributed by atoms with Gasteiger partial charge in [0.25, 0.3) is 5.91 Å². The van der Waals surface area contributed by atoms with Crippen molar-refractivity contribution in [3.05, 3.63) is 82.7 Å². The lowest BCUT2D eigenvalue weighted by molar-refractivity contribution is -0.124. The highest BCUT2D eigenvalue weighted by molar-refractivity contribution is 5.94. The Bertz CT molecular complexity index is 978. The first-order valence-corrected chi connectivity index (χ1v) is 9.66. The molecule has 3 aromatic rings. The Morgan fingerprint density at radius 1 is 1.03 bits per heavy atom. The zero-order valence-corrected chi connectivity index (χ0v) is 17.0. The summed E-state index contributed by atoms with van der Waals surface area (Å²) >= 11 is 0. The van der Waals surface area contributed by atoms with Crippen LogP contribution >= 0.6 is 0 Å². The molecule has 1 amide bonds. The monoisotopic (exact) mass is 408 g/mol. The Labute approximate surface area is 175 Å². The lowest BCUT2D eigenvalue weighted by Gasteiger charge is -2.11. The Kier molecular flexibility index (Phi) is 7.21. The van der Waals surface area contributed by atoms with Crippen molar-refractivity contribution < 1.29 is 23.6 Å². The van der Waals surface area contributed by atoms with Gasteiger partial charge in [0.15, 0.2) is 6.61 Å². The quantitative estimate of drug-likeness (QED) is 0.546. The third-order valence-electron chi connectivity index (χ3n) is 4.57. The second-order valence-electron chi connectivity index (χ2n) is 6.75. The molecule has 0 bridgehead atoms. The number of benzene rings is 2. The fourth-order valence-electron chi connectivity index (χ4n) is 2.87. The SMILES string of the molecule is Cc1noc(C)c1COc1ccccc1C(=O)OCC(=O)NCCc1ccccc1. The van der Waals surface area contributed by atoms with Crippen LogP contribution in [0.4, 0.5) is 0 Å². The molecule has 0 radical (unpaired) electrons. The Hall–Kier alpha value is -3.61. The van der Waals surface area contributed by atoms with Gasteiger partial charge in [-0.3, -0.25) is 4.79 Å². The van der Waals surface area contributed by atoms with Crippen molar-refractivity contribution in [1.29, 1.82) is 0 Å². The van der Waals surface area contributed by atoms with Crippen LogP contribution in [0.15, 0.2) is 59.1 Å². The van der Waals surface area contributed by atoms with Gasteiger partial charge >= 0.3 is 5.97 Å². The summed E-state index contributed by atoms with van der Waals surface area (Å²) in [6.45, 7) is 3.95. The third-order valence-corrected chi connectivity index (χ3v) is 4.57. The Balaban J connectivity index is 1.49. The number of hydrogen-bond donors (Lipinski definition) is 1. The van der Waals surface area contributed by atoms with Crippen molar-refractivity contribution in [3.8, 4) is 5.75 Å². The van der Waals surface area contributed by atoms with Crippen LogP contribution in [0.5, 0.6) is 5.75 Å². The standard InChI is InChI=1S/C23H24N2O5/c1-16-20(17(2)30-25-16)14-28-21-11-7-6-10-19(21)23(27)29-15-22(26)24-13-12-18-8-4-3-5-9-18/h3-11H,12-15H2,1-2H3,(H,24,26). The van der Waals surface area contributed by atoms with E-state index in [1.54, 1.807) is 31.2 Å². The van der Waals surface area contributed by atoms with Gasteiger partial charge in [0.1, 0.15) is 23.7 Å². The number of aryl methyl sites for hydroxylation is 2. The third kappa shape index (κ3) is 5.70. The van der Waals surface area contributed by atoms with Crippen LogP contribution in [0.1, 0.15) is 32.9 Å². The average Bonchev–Trinajstić information content (AvgIpc) is 3.09. The highest BCUT2D eigenvalue weighted by Crippen LogP contribution is 2.22. The summed E-state index contributed by atoms with van der Waals surface area (Å²) in [6, 6.07) is 16.6. The topological polar surface area (TPSA) is 90.7 Å². The highest BCUT2D eigenvalue weighted by atomic mass is 16.5. The molecule has 0 saturated carbocycles. The number of ether oxygens (including phenoxy) is 2. The van der Waals surface area contributed by atoms with Gasteiger partial charge in [0, 0.05) is 6.54 Å². The van der Waals surface area contributed by atoms with Crippen LogP contribution in [-0.2, 0) is 22.6 Å². The van der Waals surface area contributed by atoms with Crippen molar-refractivity contribution in [2.45, 2.75) is 26.9 Å². The second kappa shape index (κ2) is 10.2. The predicted molar refractivity (Wildman–Crippen MR) is 110 cm³/mol. The van der Waals surface area contributed by atoms with Gasteiger partial charge in [-0.25, -0.2) is 4.79 Å². The molecule has 0 aliphatic carbocycles. The van der Waals surface area contributed by atoms with E-state index in [1.165, 1.54) is 0 Å². The number of nitrogens with one attached hydrogen (secondary N) is 1. The summed E-state index contributed by atoms with van der Waals surface area (Å²) in [7, 11) is 0. The van der Waals surface area contributed by atoms with E-state index >= 15 is 0 Å². The van der Waals surface area contributed by atoms with Gasteiger partial charge in [-0.15, -0.1) is 0 Å². The highest BCUT2D eigenvalue weighted by Gasteiger charge is 2.17. The first-order chi connectivity index (χ1) is 14.5. The molecule has 1 N–H and O–H groups in total. The molecular weight excluding hydrogens is 384 g/mol. The van der Waals surface area contributed by atoms with E-state index in [4.69, 9.17) is 14.0 Å². The molecule has 0 spiro atoms. The second-order valence-corrected chi connectivity index (χ2v) is 6.75. The number of aromatic nitrogens is 1. The molecule has 30 heavy (non-hydrogen) atoms. The number of nitrogens with zero attached hydrogens (tertiary/aromatic N) is 1. The molecule has 7 nitrogen and oxygen atoms in total. The number of carbonyl (C=O) groups is 2. The number of esters is 1. The van der Waals surface area contributed by atoms with E-state index in [-0.39, 0.29) is 24.7 Å². The summed E-state index contributed by atoms with van der Waals surface area (Å²) < 4.78 is 16.1. The smallest absolute Gasteiger partial charge is 0.342 e. The van der Waals surface area contributed by atoms with Crippen molar-refractivity contribution in [1.82, 2.24) is 10.5 Å².